The van der Waals surface area contributed by atoms with E-state index in [4.69, 9.17) is 0 Å². The standard InChI is InChI=1S/C21H21NS2/c1-2-3-14-22-16-19(17-10-6-4-7-11-17)21-15-20(23-24(21)22)18-12-8-5-9-13-18/h4-13,15-16H,2-3,14H2,1H3. The Labute approximate surface area is 150 Å². The Balaban J connectivity index is 1.70. The molecule has 0 amide bonds. The van der Waals surface area contributed by atoms with Crippen LogP contribution >= 0.6 is 20.5 Å². The van der Waals surface area contributed by atoms with Gasteiger partial charge in [0.1, 0.15) is 0 Å². The zero-order valence-electron chi connectivity index (χ0n) is 13.8. The number of rotatable bonds is 5. The third-order valence-corrected chi connectivity index (χ3v) is 8.49. The van der Waals surface area contributed by atoms with E-state index in [0.717, 1.165) is 6.54 Å². The highest BCUT2D eigenvalue weighted by molar-refractivity contribution is 8.87. The van der Waals surface area contributed by atoms with Gasteiger partial charge in [0.05, 0.1) is 0 Å². The largest absolute Gasteiger partial charge is 0.319 e. The summed E-state index contributed by atoms with van der Waals surface area (Å²) in [4.78, 5) is 2.89. The number of nitrogens with zero attached hydrogens (tertiary/aromatic N) is 1. The van der Waals surface area contributed by atoms with E-state index in [1.54, 1.807) is 0 Å². The van der Waals surface area contributed by atoms with Crippen molar-refractivity contribution in [1.29, 1.82) is 0 Å². The Morgan fingerprint density at radius 2 is 1.58 bits per heavy atom. The van der Waals surface area contributed by atoms with Gasteiger partial charge in [-0.25, -0.2) is 0 Å². The van der Waals surface area contributed by atoms with Crippen molar-refractivity contribution >= 4 is 35.8 Å². The van der Waals surface area contributed by atoms with Crippen LogP contribution in [-0.4, -0.2) is 15.7 Å². The van der Waals surface area contributed by atoms with Gasteiger partial charge in [-0.3, -0.25) is 0 Å². The van der Waals surface area contributed by atoms with Gasteiger partial charge in [0.2, 0.25) is 0 Å². The van der Waals surface area contributed by atoms with Gasteiger partial charge in [0, 0.05) is 28.1 Å². The molecule has 1 nitrogen and oxygen atoms in total. The number of allylic oxidation sites excluding steroid dienone is 2. The average Bonchev–Trinajstić information content (AvgIpc) is 3.21. The Morgan fingerprint density at radius 1 is 0.917 bits per heavy atom. The Bertz CT molecular complexity index is 819. The maximum Gasteiger partial charge on any atom is 0.0383 e. The van der Waals surface area contributed by atoms with Crippen LogP contribution in [0.25, 0.3) is 10.5 Å². The first-order chi connectivity index (χ1) is 11.9. The minimum absolute atomic E-state index is 0.113. The molecule has 1 unspecified atom stereocenters. The van der Waals surface area contributed by atoms with E-state index in [-0.39, 0.29) is 9.70 Å². The topological polar surface area (TPSA) is 3.24 Å². The van der Waals surface area contributed by atoms with E-state index in [0.29, 0.717) is 0 Å². The van der Waals surface area contributed by atoms with Crippen molar-refractivity contribution in [3.63, 3.8) is 0 Å². The van der Waals surface area contributed by atoms with Crippen LogP contribution in [0.1, 0.15) is 30.9 Å². The van der Waals surface area contributed by atoms with Gasteiger partial charge in [-0.1, -0.05) is 74.0 Å². The second kappa shape index (κ2) is 7.04. The number of hydrogen-bond donors (Lipinski definition) is 0. The predicted octanol–water partition coefficient (Wildman–Crippen LogP) is 6.20. The fourth-order valence-corrected chi connectivity index (χ4v) is 7.38. The molecule has 2 heterocycles. The van der Waals surface area contributed by atoms with Crippen LogP contribution in [0.15, 0.2) is 72.9 Å². The molecule has 0 fully saturated rings. The fourth-order valence-electron chi connectivity index (χ4n) is 2.95. The van der Waals surface area contributed by atoms with Gasteiger partial charge in [0.15, 0.2) is 0 Å². The first kappa shape index (κ1) is 15.8. The van der Waals surface area contributed by atoms with Gasteiger partial charge in [-0.15, -0.1) is 0 Å². The lowest BCUT2D eigenvalue weighted by Crippen LogP contribution is -2.08. The van der Waals surface area contributed by atoms with E-state index in [2.05, 4.69) is 84.2 Å². The van der Waals surface area contributed by atoms with Crippen molar-refractivity contribution in [3.05, 3.63) is 84.1 Å². The van der Waals surface area contributed by atoms with E-state index >= 15 is 0 Å². The zero-order chi connectivity index (χ0) is 16.4. The smallest absolute Gasteiger partial charge is 0.0383 e. The molecule has 2 aliphatic heterocycles. The third kappa shape index (κ3) is 2.99. The van der Waals surface area contributed by atoms with Crippen LogP contribution in [0.3, 0.4) is 0 Å². The fraction of sp³-hybridized carbons (Fsp3) is 0.190. The summed E-state index contributed by atoms with van der Waals surface area (Å²) in [7, 11) is 2.13. The Kier molecular flexibility index (Phi) is 4.63. The van der Waals surface area contributed by atoms with Crippen molar-refractivity contribution in [1.82, 2.24) is 4.31 Å². The van der Waals surface area contributed by atoms with Gasteiger partial charge >= 0.3 is 0 Å². The highest BCUT2D eigenvalue weighted by Crippen LogP contribution is 2.56. The van der Waals surface area contributed by atoms with Crippen molar-refractivity contribution < 1.29 is 0 Å². The molecule has 2 aromatic rings. The number of hydrogen-bond acceptors (Lipinski definition) is 2. The van der Waals surface area contributed by atoms with Crippen molar-refractivity contribution in [3.8, 4) is 0 Å². The molecule has 0 N–H and O–H groups in total. The molecule has 3 heteroatoms. The highest BCUT2D eigenvalue weighted by Gasteiger charge is 2.29. The summed E-state index contributed by atoms with van der Waals surface area (Å²) in [6.45, 7) is 3.41. The summed E-state index contributed by atoms with van der Waals surface area (Å²) in [5.74, 6) is 0. The van der Waals surface area contributed by atoms with Crippen LogP contribution in [0.4, 0.5) is 0 Å². The molecule has 0 aromatic heterocycles. The highest BCUT2D eigenvalue weighted by atomic mass is 33.1. The lowest BCUT2D eigenvalue weighted by Gasteiger charge is -2.19. The molecule has 0 spiro atoms. The van der Waals surface area contributed by atoms with Crippen LogP contribution in [0.5, 0.6) is 0 Å². The van der Waals surface area contributed by atoms with Crippen LogP contribution in [-0.2, 0) is 0 Å². The SMILES string of the molecule is CCCCN1C=C(c2ccccc2)C2=S1SC(c1ccccc1)=C2. The summed E-state index contributed by atoms with van der Waals surface area (Å²) in [5, 5.41) is 0. The molecule has 122 valence electrons. The second-order valence-electron chi connectivity index (χ2n) is 5.97. The van der Waals surface area contributed by atoms with Crippen LogP contribution < -0.4 is 0 Å². The van der Waals surface area contributed by atoms with Crippen LogP contribution in [0.2, 0.25) is 0 Å². The average molecular weight is 352 g/mol. The third-order valence-electron chi connectivity index (χ3n) is 4.25. The summed E-state index contributed by atoms with van der Waals surface area (Å²) < 4.78 is 2.55. The maximum atomic E-state index is 2.55. The first-order valence-corrected chi connectivity index (χ1v) is 11.0. The molecule has 0 saturated heterocycles. The van der Waals surface area contributed by atoms with Crippen molar-refractivity contribution in [2.75, 3.05) is 6.54 Å². The molecule has 0 bridgehead atoms. The van der Waals surface area contributed by atoms with E-state index in [1.165, 1.54) is 39.3 Å². The molecule has 0 aliphatic carbocycles. The predicted molar refractivity (Wildman–Crippen MR) is 111 cm³/mol. The van der Waals surface area contributed by atoms with E-state index in [1.807, 2.05) is 10.8 Å². The van der Waals surface area contributed by atoms with Gasteiger partial charge in [-0.05, 0) is 44.1 Å². The Hall–Kier alpha value is -1.71. The lowest BCUT2D eigenvalue weighted by atomic mass is 10.0. The molecular weight excluding hydrogens is 330 g/mol. The van der Waals surface area contributed by atoms with E-state index in [9.17, 15) is 0 Å². The monoisotopic (exact) mass is 351 g/mol. The zero-order valence-corrected chi connectivity index (χ0v) is 15.4. The summed E-state index contributed by atoms with van der Waals surface area (Å²) >= 11 is 0. The molecule has 0 saturated carbocycles. The van der Waals surface area contributed by atoms with Crippen molar-refractivity contribution in [2.45, 2.75) is 19.8 Å². The minimum Gasteiger partial charge on any atom is -0.319 e. The minimum atomic E-state index is 0.113. The molecule has 24 heavy (non-hydrogen) atoms. The number of benzene rings is 2. The quantitative estimate of drug-likeness (QED) is 0.466. The van der Waals surface area contributed by atoms with Gasteiger partial charge in [0.25, 0.3) is 0 Å². The summed E-state index contributed by atoms with van der Waals surface area (Å²) in [5.41, 5.74) is 4.06. The van der Waals surface area contributed by atoms with Gasteiger partial charge in [-0.2, -0.15) is 0 Å². The molecule has 1 atom stereocenters. The second-order valence-corrected chi connectivity index (χ2v) is 9.44. The number of unbranched alkanes of at least 4 members (excludes halogenated alkanes) is 1. The maximum absolute atomic E-state index is 2.55. The lowest BCUT2D eigenvalue weighted by molar-refractivity contribution is 0.586. The molecular formula is C21H21NS2. The van der Waals surface area contributed by atoms with E-state index < -0.39 is 0 Å². The first-order valence-electron chi connectivity index (χ1n) is 8.48. The summed E-state index contributed by atoms with van der Waals surface area (Å²) in [6.07, 6.45) is 7.28. The van der Waals surface area contributed by atoms with Gasteiger partial charge < -0.3 is 4.31 Å². The Morgan fingerprint density at radius 3 is 2.25 bits per heavy atom. The van der Waals surface area contributed by atoms with Crippen molar-refractivity contribution in [2.24, 2.45) is 0 Å². The summed E-state index contributed by atoms with van der Waals surface area (Å²) in [6, 6.07) is 21.6. The van der Waals surface area contributed by atoms with Crippen LogP contribution in [0, 0.1) is 0 Å². The molecule has 4 rings (SSSR count). The molecule has 2 aromatic carbocycles. The normalized spacial score (nSPS) is 19.3. The molecule has 2 aliphatic rings. The molecule has 0 radical (unpaired) electrons.